The van der Waals surface area contributed by atoms with Crippen LogP contribution in [0.4, 0.5) is 5.82 Å². The van der Waals surface area contributed by atoms with Crippen LogP contribution in [-0.2, 0) is 11.8 Å². The van der Waals surface area contributed by atoms with E-state index in [-0.39, 0.29) is 16.8 Å². The van der Waals surface area contributed by atoms with Crippen molar-refractivity contribution in [2.24, 2.45) is 24.6 Å². The largest absolute Gasteiger partial charge is 0.393 e. The number of carbonyl (C=O) groups is 1. The van der Waals surface area contributed by atoms with Crippen molar-refractivity contribution in [3.63, 3.8) is 0 Å². The SMILES string of the molecule is CC(C)C(C(=O)Nc1ccn(C)n1)C(N)=S. The van der Waals surface area contributed by atoms with Gasteiger partial charge in [0, 0.05) is 19.3 Å². The van der Waals surface area contributed by atoms with E-state index in [0.29, 0.717) is 5.82 Å². The number of thiocarbonyl (C=S) groups is 1. The lowest BCUT2D eigenvalue weighted by molar-refractivity contribution is -0.118. The van der Waals surface area contributed by atoms with Crippen LogP contribution in [-0.4, -0.2) is 20.7 Å². The number of hydrogen-bond donors (Lipinski definition) is 2. The molecule has 0 saturated heterocycles. The molecule has 0 saturated carbocycles. The Hall–Kier alpha value is -1.43. The molecule has 1 unspecified atom stereocenters. The fourth-order valence-electron chi connectivity index (χ4n) is 1.45. The molecular weight excluding hydrogens is 224 g/mol. The zero-order chi connectivity index (χ0) is 12.3. The first kappa shape index (κ1) is 12.6. The fraction of sp³-hybridized carbons (Fsp3) is 0.500. The van der Waals surface area contributed by atoms with Crippen LogP contribution < -0.4 is 11.1 Å². The summed E-state index contributed by atoms with van der Waals surface area (Å²) in [5.41, 5.74) is 5.54. The van der Waals surface area contributed by atoms with Crippen LogP contribution in [0.15, 0.2) is 12.3 Å². The Morgan fingerprint density at radius 3 is 2.62 bits per heavy atom. The third-order valence-corrected chi connectivity index (χ3v) is 2.47. The summed E-state index contributed by atoms with van der Waals surface area (Å²) in [7, 11) is 1.78. The first-order valence-corrected chi connectivity index (χ1v) is 5.42. The van der Waals surface area contributed by atoms with Crippen LogP contribution in [0.25, 0.3) is 0 Å². The van der Waals surface area contributed by atoms with E-state index in [2.05, 4.69) is 10.4 Å². The third-order valence-electron chi connectivity index (χ3n) is 2.22. The van der Waals surface area contributed by atoms with Gasteiger partial charge >= 0.3 is 0 Å². The smallest absolute Gasteiger partial charge is 0.235 e. The van der Waals surface area contributed by atoms with Gasteiger partial charge in [-0.15, -0.1) is 0 Å². The Labute approximate surface area is 100 Å². The Bertz CT molecular complexity index is 399. The first-order chi connectivity index (χ1) is 7.41. The molecule has 0 fully saturated rings. The van der Waals surface area contributed by atoms with Crippen LogP contribution in [0.3, 0.4) is 0 Å². The predicted octanol–water partition coefficient (Wildman–Crippen LogP) is 0.917. The van der Waals surface area contributed by atoms with Gasteiger partial charge in [0.2, 0.25) is 5.91 Å². The lowest BCUT2D eigenvalue weighted by Crippen LogP contribution is -2.36. The summed E-state index contributed by atoms with van der Waals surface area (Å²) in [4.78, 5) is 12.1. The molecule has 0 aromatic carbocycles. The minimum absolute atomic E-state index is 0.0706. The normalized spacial score (nSPS) is 12.5. The van der Waals surface area contributed by atoms with Gasteiger partial charge in [-0.25, -0.2) is 0 Å². The Morgan fingerprint density at radius 1 is 1.62 bits per heavy atom. The van der Waals surface area contributed by atoms with Crippen molar-refractivity contribution in [3.8, 4) is 0 Å². The lowest BCUT2D eigenvalue weighted by Gasteiger charge is -2.17. The zero-order valence-electron chi connectivity index (χ0n) is 9.60. The Kier molecular flexibility index (Phi) is 4.00. The summed E-state index contributed by atoms with van der Waals surface area (Å²) in [5, 5.41) is 6.74. The number of amides is 1. The van der Waals surface area contributed by atoms with Gasteiger partial charge in [0.25, 0.3) is 0 Å². The van der Waals surface area contributed by atoms with E-state index in [1.54, 1.807) is 24.0 Å². The standard InChI is InChI=1S/C10H16N4OS/c1-6(2)8(9(11)16)10(15)12-7-4-5-14(3)13-7/h4-6,8H,1-3H3,(H2,11,16)(H,12,13,15). The predicted molar refractivity (Wildman–Crippen MR) is 67.0 cm³/mol. The topological polar surface area (TPSA) is 72.9 Å². The number of aromatic nitrogens is 2. The number of carbonyl (C=O) groups excluding carboxylic acids is 1. The van der Waals surface area contributed by atoms with Crippen molar-refractivity contribution < 1.29 is 4.79 Å². The molecule has 16 heavy (non-hydrogen) atoms. The first-order valence-electron chi connectivity index (χ1n) is 5.01. The minimum atomic E-state index is -0.461. The highest BCUT2D eigenvalue weighted by molar-refractivity contribution is 7.80. The maximum absolute atomic E-state index is 11.9. The van der Waals surface area contributed by atoms with E-state index in [1.165, 1.54) is 0 Å². The summed E-state index contributed by atoms with van der Waals surface area (Å²) in [6, 6.07) is 1.72. The number of anilines is 1. The molecule has 6 heteroatoms. The highest BCUT2D eigenvalue weighted by Gasteiger charge is 2.25. The molecule has 1 atom stereocenters. The molecule has 1 amide bonds. The van der Waals surface area contributed by atoms with E-state index >= 15 is 0 Å². The second-order valence-corrected chi connectivity index (χ2v) is 4.46. The molecule has 0 aliphatic rings. The third kappa shape index (κ3) is 3.03. The summed E-state index contributed by atoms with van der Waals surface area (Å²) >= 11 is 4.88. The van der Waals surface area contributed by atoms with Crippen molar-refractivity contribution in [1.29, 1.82) is 0 Å². The number of aryl methyl sites for hydroxylation is 1. The van der Waals surface area contributed by atoms with Gasteiger partial charge in [-0.3, -0.25) is 9.48 Å². The van der Waals surface area contributed by atoms with Gasteiger partial charge in [-0.05, 0) is 5.92 Å². The summed E-state index contributed by atoms with van der Waals surface area (Å²) in [5.74, 6) is -0.0891. The van der Waals surface area contributed by atoms with E-state index < -0.39 is 5.92 Å². The van der Waals surface area contributed by atoms with Crippen molar-refractivity contribution in [1.82, 2.24) is 9.78 Å². The molecule has 5 nitrogen and oxygen atoms in total. The van der Waals surface area contributed by atoms with Crippen molar-refractivity contribution in [2.45, 2.75) is 13.8 Å². The summed E-state index contributed by atoms with van der Waals surface area (Å²) in [6.45, 7) is 3.81. The van der Waals surface area contributed by atoms with Gasteiger partial charge in [0.05, 0.1) is 10.9 Å². The molecular formula is C10H16N4OS. The summed E-state index contributed by atoms with van der Waals surface area (Å²) < 4.78 is 1.61. The number of nitrogens with two attached hydrogens (primary N) is 1. The van der Waals surface area contributed by atoms with Gasteiger partial charge in [0.15, 0.2) is 5.82 Å². The van der Waals surface area contributed by atoms with E-state index in [0.717, 1.165) is 0 Å². The maximum atomic E-state index is 11.9. The van der Waals surface area contributed by atoms with Gasteiger partial charge in [0.1, 0.15) is 0 Å². The fourth-order valence-corrected chi connectivity index (χ4v) is 1.83. The van der Waals surface area contributed by atoms with Gasteiger partial charge < -0.3 is 11.1 Å². The maximum Gasteiger partial charge on any atom is 0.235 e. The van der Waals surface area contributed by atoms with Crippen molar-refractivity contribution in [3.05, 3.63) is 12.3 Å². The van der Waals surface area contributed by atoms with Crippen LogP contribution in [0.5, 0.6) is 0 Å². The van der Waals surface area contributed by atoms with Crippen LogP contribution in [0, 0.1) is 11.8 Å². The number of nitrogens with one attached hydrogen (secondary N) is 1. The van der Waals surface area contributed by atoms with Crippen LogP contribution in [0.1, 0.15) is 13.8 Å². The molecule has 1 heterocycles. The van der Waals surface area contributed by atoms with Gasteiger partial charge in [-0.1, -0.05) is 26.1 Å². The second-order valence-electron chi connectivity index (χ2n) is 3.99. The molecule has 3 N–H and O–H groups in total. The molecule has 0 aliphatic carbocycles. The van der Waals surface area contributed by atoms with Crippen LogP contribution in [0.2, 0.25) is 0 Å². The highest BCUT2D eigenvalue weighted by Crippen LogP contribution is 2.14. The van der Waals surface area contributed by atoms with Crippen molar-refractivity contribution >= 4 is 28.9 Å². The number of rotatable bonds is 4. The number of nitrogens with zero attached hydrogens (tertiary/aromatic N) is 2. The minimum Gasteiger partial charge on any atom is -0.393 e. The average molecular weight is 240 g/mol. The van der Waals surface area contributed by atoms with Crippen molar-refractivity contribution in [2.75, 3.05) is 5.32 Å². The molecule has 1 aromatic rings. The zero-order valence-corrected chi connectivity index (χ0v) is 10.4. The monoisotopic (exact) mass is 240 g/mol. The average Bonchev–Trinajstić information content (AvgIpc) is 2.49. The Balaban J connectivity index is 2.73. The molecule has 0 spiro atoms. The molecule has 0 radical (unpaired) electrons. The second kappa shape index (κ2) is 5.07. The van der Waals surface area contributed by atoms with E-state index in [1.807, 2.05) is 13.8 Å². The lowest BCUT2D eigenvalue weighted by atomic mass is 9.95. The van der Waals surface area contributed by atoms with Gasteiger partial charge in [-0.2, -0.15) is 5.10 Å². The highest BCUT2D eigenvalue weighted by atomic mass is 32.1. The number of hydrogen-bond acceptors (Lipinski definition) is 3. The molecule has 1 aromatic heterocycles. The molecule has 0 bridgehead atoms. The Morgan fingerprint density at radius 2 is 2.25 bits per heavy atom. The molecule has 88 valence electrons. The summed E-state index contributed by atoms with van der Waals surface area (Å²) in [6.07, 6.45) is 1.75. The molecule has 1 rings (SSSR count). The quantitative estimate of drug-likeness (QED) is 0.767. The van der Waals surface area contributed by atoms with E-state index in [9.17, 15) is 4.79 Å². The van der Waals surface area contributed by atoms with E-state index in [4.69, 9.17) is 18.0 Å². The van der Waals surface area contributed by atoms with Crippen LogP contribution >= 0.6 is 12.2 Å². The molecule has 0 aliphatic heterocycles.